The molecule has 2 atom stereocenters. The zero-order valence-corrected chi connectivity index (χ0v) is 16.4. The van der Waals surface area contributed by atoms with Crippen LogP contribution in [0.15, 0.2) is 24.3 Å². The molecule has 0 spiro atoms. The number of hydrogen-bond donors (Lipinski definition) is 4. The van der Waals surface area contributed by atoms with Gasteiger partial charge in [0.25, 0.3) is 0 Å². The van der Waals surface area contributed by atoms with Crippen molar-refractivity contribution in [2.75, 3.05) is 0 Å². The fourth-order valence-electron chi connectivity index (χ4n) is 2.16. The van der Waals surface area contributed by atoms with Gasteiger partial charge in [0.1, 0.15) is 17.7 Å². The molecule has 0 fully saturated rings. The van der Waals surface area contributed by atoms with Crippen molar-refractivity contribution in [1.82, 2.24) is 10.6 Å². The van der Waals surface area contributed by atoms with Crippen LogP contribution < -0.4 is 10.6 Å². The topological polar surface area (TPSA) is 142 Å². The molecular weight excluding hydrogens is 392 g/mol. The molecule has 2 amide bonds. The second kappa shape index (κ2) is 9.93. The first-order valence-corrected chi connectivity index (χ1v) is 8.74. The van der Waals surface area contributed by atoms with E-state index >= 15 is 0 Å². The molecule has 1 aromatic rings. The van der Waals surface area contributed by atoms with Gasteiger partial charge in [-0.05, 0) is 38.5 Å². The molecule has 0 aliphatic rings. The Morgan fingerprint density at radius 2 is 1.61 bits per heavy atom. The highest BCUT2D eigenvalue weighted by molar-refractivity contribution is 6.30. The first-order valence-electron chi connectivity index (χ1n) is 8.36. The smallest absolute Gasteiger partial charge is 0.408 e. The van der Waals surface area contributed by atoms with Gasteiger partial charge in [0.2, 0.25) is 5.91 Å². The summed E-state index contributed by atoms with van der Waals surface area (Å²) in [6, 6.07) is 3.66. The van der Waals surface area contributed by atoms with E-state index in [1.54, 1.807) is 45.0 Å². The second-order valence-corrected chi connectivity index (χ2v) is 7.46. The Morgan fingerprint density at radius 3 is 2.07 bits per heavy atom. The van der Waals surface area contributed by atoms with Crippen LogP contribution in [0, 0.1) is 0 Å². The van der Waals surface area contributed by atoms with Gasteiger partial charge in [-0.1, -0.05) is 23.7 Å². The predicted molar refractivity (Wildman–Crippen MR) is 100 cm³/mol. The van der Waals surface area contributed by atoms with E-state index < -0.39 is 48.0 Å². The molecule has 0 saturated heterocycles. The number of ether oxygens (including phenoxy) is 1. The van der Waals surface area contributed by atoms with E-state index in [2.05, 4.69) is 10.6 Å². The van der Waals surface area contributed by atoms with Crippen molar-refractivity contribution in [2.45, 2.75) is 51.3 Å². The molecule has 0 radical (unpaired) electrons. The lowest BCUT2D eigenvalue weighted by atomic mass is 10.0. The van der Waals surface area contributed by atoms with Gasteiger partial charge in [0.05, 0.1) is 6.42 Å². The van der Waals surface area contributed by atoms with Crippen LogP contribution in [0.2, 0.25) is 5.02 Å². The lowest BCUT2D eigenvalue weighted by molar-refractivity contribution is -0.147. The number of amides is 2. The van der Waals surface area contributed by atoms with E-state index in [4.69, 9.17) is 26.6 Å². The summed E-state index contributed by atoms with van der Waals surface area (Å²) >= 11 is 5.83. The Kier molecular flexibility index (Phi) is 8.24. The van der Waals surface area contributed by atoms with Crippen LogP contribution in [-0.2, 0) is 25.5 Å². The molecule has 0 heterocycles. The average molecular weight is 415 g/mol. The third kappa shape index (κ3) is 8.72. The summed E-state index contributed by atoms with van der Waals surface area (Å²) in [6.07, 6.45) is -1.66. The molecule has 28 heavy (non-hydrogen) atoms. The summed E-state index contributed by atoms with van der Waals surface area (Å²) < 4.78 is 5.13. The first-order chi connectivity index (χ1) is 12.9. The maximum atomic E-state index is 12.5. The zero-order chi connectivity index (χ0) is 21.5. The van der Waals surface area contributed by atoms with Gasteiger partial charge in [-0.3, -0.25) is 9.59 Å². The Labute approximate surface area is 167 Å². The molecule has 1 rings (SSSR count). The van der Waals surface area contributed by atoms with Crippen LogP contribution in [0.3, 0.4) is 0 Å². The molecule has 4 N–H and O–H groups in total. The molecule has 0 aliphatic carbocycles. The van der Waals surface area contributed by atoms with Gasteiger partial charge in [-0.15, -0.1) is 0 Å². The number of benzene rings is 1. The Bertz CT molecular complexity index is 728. The van der Waals surface area contributed by atoms with Crippen molar-refractivity contribution >= 4 is 35.5 Å². The number of aliphatic carboxylic acids is 2. The van der Waals surface area contributed by atoms with Crippen LogP contribution in [0.5, 0.6) is 0 Å². The van der Waals surface area contributed by atoms with Crippen LogP contribution in [0.25, 0.3) is 0 Å². The zero-order valence-electron chi connectivity index (χ0n) is 15.7. The van der Waals surface area contributed by atoms with E-state index in [0.717, 1.165) is 0 Å². The minimum atomic E-state index is -1.64. The highest BCUT2D eigenvalue weighted by Gasteiger charge is 2.29. The van der Waals surface area contributed by atoms with Crippen LogP contribution >= 0.6 is 11.6 Å². The van der Waals surface area contributed by atoms with Crippen LogP contribution in [-0.4, -0.2) is 51.8 Å². The van der Waals surface area contributed by atoms with E-state index in [-0.39, 0.29) is 6.42 Å². The van der Waals surface area contributed by atoms with Crippen molar-refractivity contribution in [3.8, 4) is 0 Å². The normalized spacial score (nSPS) is 13.1. The predicted octanol–water partition coefficient (Wildman–Crippen LogP) is 1.82. The Hall–Kier alpha value is -2.81. The second-order valence-electron chi connectivity index (χ2n) is 7.03. The molecule has 9 nitrogen and oxygen atoms in total. The average Bonchev–Trinajstić information content (AvgIpc) is 2.53. The number of nitrogens with one attached hydrogen (secondary N) is 2. The van der Waals surface area contributed by atoms with Crippen LogP contribution in [0.4, 0.5) is 4.79 Å². The molecule has 0 unspecified atom stereocenters. The number of rotatable bonds is 8. The maximum absolute atomic E-state index is 12.5. The maximum Gasteiger partial charge on any atom is 0.408 e. The fraction of sp³-hybridized carbons (Fsp3) is 0.444. The summed E-state index contributed by atoms with van der Waals surface area (Å²) in [6.45, 7) is 4.94. The summed E-state index contributed by atoms with van der Waals surface area (Å²) in [5.74, 6) is -3.74. The fourth-order valence-corrected chi connectivity index (χ4v) is 2.29. The van der Waals surface area contributed by atoms with Gasteiger partial charge in [0, 0.05) is 11.4 Å². The number of hydrogen-bond acceptors (Lipinski definition) is 5. The lowest BCUT2D eigenvalue weighted by Gasteiger charge is -2.24. The molecule has 0 aliphatic heterocycles. The summed E-state index contributed by atoms with van der Waals surface area (Å²) in [7, 11) is 0. The standard InChI is InChI=1S/C18H23ClN2O7/c1-18(2,3)28-17(27)21-12(8-10-4-6-11(19)7-5-10)15(24)20-13(16(25)26)9-14(22)23/h4-7,12-13H,8-9H2,1-3H3,(H,20,24)(H,21,27)(H,22,23)(H,25,26)/t12-,13+/m0/s1. The molecule has 0 bridgehead atoms. The van der Waals surface area contributed by atoms with Crippen molar-refractivity contribution in [1.29, 1.82) is 0 Å². The summed E-state index contributed by atoms with van der Waals surface area (Å²) in [5.41, 5.74) is -0.163. The highest BCUT2D eigenvalue weighted by Crippen LogP contribution is 2.12. The number of carbonyl (C=O) groups excluding carboxylic acids is 2. The van der Waals surface area contributed by atoms with Gasteiger partial charge in [-0.25, -0.2) is 9.59 Å². The first kappa shape index (κ1) is 23.2. The SMILES string of the molecule is CC(C)(C)OC(=O)N[C@@H](Cc1ccc(Cl)cc1)C(=O)N[C@H](CC(=O)O)C(=O)O. The van der Waals surface area contributed by atoms with Crippen molar-refractivity contribution in [2.24, 2.45) is 0 Å². The number of alkyl carbamates (subject to hydrolysis) is 1. The quantitative estimate of drug-likeness (QED) is 0.508. The molecular formula is C18H23ClN2O7. The number of carbonyl (C=O) groups is 4. The Morgan fingerprint density at radius 1 is 1.04 bits per heavy atom. The largest absolute Gasteiger partial charge is 0.481 e. The third-order valence-corrected chi connectivity index (χ3v) is 3.61. The third-order valence-electron chi connectivity index (χ3n) is 3.35. The number of carboxylic acids is 2. The Balaban J connectivity index is 2.98. The van der Waals surface area contributed by atoms with E-state index in [1.165, 1.54) is 0 Å². The summed E-state index contributed by atoms with van der Waals surface area (Å²) in [5, 5.41) is 22.9. The number of halogens is 1. The molecule has 0 aromatic heterocycles. The van der Waals surface area contributed by atoms with Gasteiger partial charge >= 0.3 is 18.0 Å². The van der Waals surface area contributed by atoms with E-state index in [9.17, 15) is 19.2 Å². The minimum Gasteiger partial charge on any atom is -0.481 e. The molecule has 154 valence electrons. The van der Waals surface area contributed by atoms with Gasteiger partial charge in [0.15, 0.2) is 0 Å². The van der Waals surface area contributed by atoms with Crippen molar-refractivity contribution in [3.05, 3.63) is 34.9 Å². The van der Waals surface area contributed by atoms with Crippen LogP contribution in [0.1, 0.15) is 32.8 Å². The molecule has 0 saturated carbocycles. The molecule has 10 heteroatoms. The lowest BCUT2D eigenvalue weighted by Crippen LogP contribution is -2.53. The van der Waals surface area contributed by atoms with E-state index in [0.29, 0.717) is 10.6 Å². The number of carboxylic acid groups (broad SMARTS) is 2. The van der Waals surface area contributed by atoms with Gasteiger partial charge < -0.3 is 25.6 Å². The van der Waals surface area contributed by atoms with Crippen molar-refractivity contribution in [3.63, 3.8) is 0 Å². The van der Waals surface area contributed by atoms with Crippen molar-refractivity contribution < 1.29 is 34.1 Å². The van der Waals surface area contributed by atoms with E-state index in [1.807, 2.05) is 0 Å². The summed E-state index contributed by atoms with van der Waals surface area (Å²) in [4.78, 5) is 46.6. The van der Waals surface area contributed by atoms with Gasteiger partial charge in [-0.2, -0.15) is 0 Å². The minimum absolute atomic E-state index is 0.0155. The molecule has 1 aromatic carbocycles. The monoisotopic (exact) mass is 414 g/mol. The highest BCUT2D eigenvalue weighted by atomic mass is 35.5.